The zero-order valence-electron chi connectivity index (χ0n) is 5.22. The van der Waals surface area contributed by atoms with Crippen molar-refractivity contribution in [2.24, 2.45) is 0 Å². The maximum atomic E-state index is 4.81. The van der Waals surface area contributed by atoms with E-state index in [1.165, 1.54) is 0 Å². The summed E-state index contributed by atoms with van der Waals surface area (Å²) in [5.74, 6) is 0. The van der Waals surface area contributed by atoms with Gasteiger partial charge in [0.15, 0.2) is 0 Å². The van der Waals surface area contributed by atoms with E-state index in [1.54, 1.807) is 0 Å². The van der Waals surface area contributed by atoms with Crippen molar-refractivity contribution in [2.45, 2.75) is 13.8 Å². The van der Waals surface area contributed by atoms with Crippen LogP contribution in [-0.2, 0) is 0 Å². The van der Waals surface area contributed by atoms with Gasteiger partial charge in [0.2, 0.25) is 0 Å². The average molecular weight is 197 g/mol. The first kappa shape index (κ1) is 18.1. The summed E-state index contributed by atoms with van der Waals surface area (Å²) < 4.78 is 0.690. The Kier molecular flexibility index (Phi) is 20.4. The molecule has 0 aromatic carbocycles. The zero-order chi connectivity index (χ0) is 6.57. The number of nitrogens with zero attached hydrogens (tertiary/aromatic N) is 1. The first-order chi connectivity index (χ1) is 3.72. The van der Waals surface area contributed by atoms with Gasteiger partial charge in [0.05, 0.1) is 0 Å². The minimum absolute atomic E-state index is 0. The van der Waals surface area contributed by atoms with Crippen LogP contribution in [0, 0.1) is 0 Å². The molecule has 0 aromatic rings. The molecule has 0 aliphatic rings. The van der Waals surface area contributed by atoms with Gasteiger partial charge in [-0.1, -0.05) is 12.2 Å². The second kappa shape index (κ2) is 11.2. The van der Waals surface area contributed by atoms with Gasteiger partial charge in [0, 0.05) is 13.1 Å². The Morgan fingerprint density at radius 2 is 1.60 bits per heavy atom. The molecule has 0 amide bonds. The van der Waals surface area contributed by atoms with E-state index < -0.39 is 0 Å². The summed E-state index contributed by atoms with van der Waals surface area (Å²) in [5, 5.41) is 0. The average Bonchev–Trinajstić information content (AvgIpc) is 1.69. The fourth-order valence-electron chi connectivity index (χ4n) is 0.494. The molecule has 0 saturated carbocycles. The van der Waals surface area contributed by atoms with Crippen LogP contribution in [0.25, 0.3) is 0 Å². The van der Waals surface area contributed by atoms with Crippen molar-refractivity contribution in [1.82, 2.24) is 4.90 Å². The van der Waals surface area contributed by atoms with Gasteiger partial charge in [-0.25, -0.2) is 0 Å². The summed E-state index contributed by atoms with van der Waals surface area (Å²) in [4.78, 5) is 2.01. The molecule has 0 atom stereocenters. The second-order valence-corrected chi connectivity index (χ2v) is 2.57. The van der Waals surface area contributed by atoms with E-state index in [2.05, 4.69) is 26.5 Å². The predicted molar refractivity (Wildman–Crippen MR) is 58.8 cm³/mol. The molecule has 5 heteroatoms. The molecule has 0 N–H and O–H groups in total. The van der Waals surface area contributed by atoms with Gasteiger partial charge >= 0.3 is 59.1 Å². The van der Waals surface area contributed by atoms with E-state index >= 15 is 0 Å². The Labute approximate surface area is 118 Å². The first-order valence-electron chi connectivity index (χ1n) is 2.70. The number of hydrogen-bond acceptors (Lipinski definition) is 1. The molecule has 0 saturated heterocycles. The molecule has 10 heavy (non-hydrogen) atoms. The Balaban J connectivity index is -0.000000245. The molecular formula is C5H13NNa2S2. The summed E-state index contributed by atoms with van der Waals surface area (Å²) in [5.41, 5.74) is 0. The van der Waals surface area contributed by atoms with Gasteiger partial charge in [-0.2, -0.15) is 0 Å². The molecule has 0 fully saturated rings. The van der Waals surface area contributed by atoms with Crippen LogP contribution < -0.4 is 0 Å². The van der Waals surface area contributed by atoms with E-state index in [9.17, 15) is 0 Å². The third kappa shape index (κ3) is 8.34. The molecule has 0 unspecified atom stereocenters. The van der Waals surface area contributed by atoms with Crippen LogP contribution >= 0.6 is 24.8 Å². The Morgan fingerprint density at radius 3 is 1.60 bits per heavy atom. The summed E-state index contributed by atoms with van der Waals surface area (Å²) in [6.07, 6.45) is 0. The molecule has 1 nitrogen and oxygen atoms in total. The van der Waals surface area contributed by atoms with E-state index in [0.29, 0.717) is 4.32 Å². The van der Waals surface area contributed by atoms with E-state index in [1.807, 2.05) is 4.90 Å². The van der Waals surface area contributed by atoms with E-state index in [-0.39, 0.29) is 59.1 Å². The van der Waals surface area contributed by atoms with Gasteiger partial charge in [-0.3, -0.25) is 0 Å². The SMILES string of the molecule is CCN(CC)C(=S)S.[NaH].[NaH]. The number of thiocarbonyl (C=S) groups is 1. The van der Waals surface area contributed by atoms with Crippen molar-refractivity contribution in [1.29, 1.82) is 0 Å². The van der Waals surface area contributed by atoms with Crippen LogP contribution in [0.5, 0.6) is 0 Å². The summed E-state index contributed by atoms with van der Waals surface area (Å²) in [6, 6.07) is 0. The molecule has 52 valence electrons. The standard InChI is InChI=1S/C5H11NS2.2Na.2H/c1-3-6(4-2)5(7)8;;;;/h3-4H2,1-2H3,(H,7,8);;;;. The van der Waals surface area contributed by atoms with Crippen LogP contribution in [0.2, 0.25) is 0 Å². The summed E-state index contributed by atoms with van der Waals surface area (Å²) >= 11 is 8.82. The molecule has 0 aliphatic carbocycles. The van der Waals surface area contributed by atoms with Crippen LogP contribution in [0.15, 0.2) is 0 Å². The first-order valence-corrected chi connectivity index (χ1v) is 3.55. The molecule has 0 bridgehead atoms. The second-order valence-electron chi connectivity index (χ2n) is 1.45. The molecule has 0 spiro atoms. The number of rotatable bonds is 2. The maximum absolute atomic E-state index is 4.81. The van der Waals surface area contributed by atoms with E-state index in [0.717, 1.165) is 13.1 Å². The molecule has 0 aromatic heterocycles. The molecular weight excluding hydrogens is 184 g/mol. The van der Waals surface area contributed by atoms with Crippen LogP contribution in [0.4, 0.5) is 0 Å². The van der Waals surface area contributed by atoms with Gasteiger partial charge in [0.1, 0.15) is 4.32 Å². The normalized spacial score (nSPS) is 7.10. The zero-order valence-corrected chi connectivity index (χ0v) is 6.93. The fourth-order valence-corrected chi connectivity index (χ4v) is 1.04. The van der Waals surface area contributed by atoms with Gasteiger partial charge < -0.3 is 4.90 Å². The van der Waals surface area contributed by atoms with E-state index in [4.69, 9.17) is 12.2 Å². The molecule has 0 aliphatic heterocycles. The summed E-state index contributed by atoms with van der Waals surface area (Å²) in [7, 11) is 0. The third-order valence-corrected chi connectivity index (χ3v) is 1.58. The molecule has 0 rings (SSSR count). The van der Waals surface area contributed by atoms with Crippen molar-refractivity contribution in [3.05, 3.63) is 0 Å². The third-order valence-electron chi connectivity index (χ3n) is 1.03. The van der Waals surface area contributed by atoms with Crippen molar-refractivity contribution in [3.8, 4) is 0 Å². The minimum atomic E-state index is 0. The van der Waals surface area contributed by atoms with Crippen LogP contribution in [-0.4, -0.2) is 81.4 Å². The topological polar surface area (TPSA) is 3.24 Å². The number of hydrogen-bond donors (Lipinski definition) is 1. The Hall–Kier alpha value is 2.24. The van der Waals surface area contributed by atoms with Crippen molar-refractivity contribution in [3.63, 3.8) is 0 Å². The predicted octanol–water partition coefficient (Wildman–Crippen LogP) is 0.246. The van der Waals surface area contributed by atoms with Crippen LogP contribution in [0.1, 0.15) is 13.8 Å². The van der Waals surface area contributed by atoms with Gasteiger partial charge in [-0.05, 0) is 13.8 Å². The van der Waals surface area contributed by atoms with Crippen molar-refractivity contribution in [2.75, 3.05) is 13.1 Å². The van der Waals surface area contributed by atoms with Gasteiger partial charge in [0.25, 0.3) is 0 Å². The molecule has 0 heterocycles. The fraction of sp³-hybridized carbons (Fsp3) is 0.800. The quantitative estimate of drug-likeness (QED) is 0.384. The number of thiol groups is 1. The van der Waals surface area contributed by atoms with Gasteiger partial charge in [-0.15, -0.1) is 12.6 Å². The van der Waals surface area contributed by atoms with Crippen molar-refractivity contribution < 1.29 is 0 Å². The monoisotopic (exact) mass is 197 g/mol. The molecule has 0 radical (unpaired) electrons. The summed E-state index contributed by atoms with van der Waals surface area (Å²) in [6.45, 7) is 6.04. The Morgan fingerprint density at radius 1 is 1.30 bits per heavy atom. The van der Waals surface area contributed by atoms with Crippen LogP contribution in [0.3, 0.4) is 0 Å². The Bertz CT molecular complexity index is 85.7. The van der Waals surface area contributed by atoms with Crippen molar-refractivity contribution >= 4 is 88.3 Å².